The van der Waals surface area contributed by atoms with E-state index >= 15 is 0 Å². The fraction of sp³-hybridized carbons (Fsp3) is 0.333. The maximum atomic E-state index is 5.14. The standard InChI is InChI=1S/C12H13BrOS/c1-14-8-9-3-2-6-15-12-7-10(13)4-5-11(9)12/h4-5,7-8H,2-3,6H2,1H3/b9-8-. The molecule has 1 nitrogen and oxygen atoms in total. The van der Waals surface area contributed by atoms with Crippen LogP contribution in [0, 0.1) is 0 Å². The first kappa shape index (κ1) is 11.1. The molecule has 0 aromatic heterocycles. The van der Waals surface area contributed by atoms with Crippen LogP contribution in [-0.4, -0.2) is 12.9 Å². The van der Waals surface area contributed by atoms with E-state index in [1.807, 2.05) is 18.0 Å². The van der Waals surface area contributed by atoms with Gasteiger partial charge in [0.05, 0.1) is 13.4 Å². The van der Waals surface area contributed by atoms with Gasteiger partial charge in [-0.05, 0) is 41.9 Å². The Bertz CT molecular complexity index is 387. The summed E-state index contributed by atoms with van der Waals surface area (Å²) in [5.74, 6) is 1.19. The summed E-state index contributed by atoms with van der Waals surface area (Å²) in [6.07, 6.45) is 4.19. The molecule has 0 unspecified atom stereocenters. The molecule has 15 heavy (non-hydrogen) atoms. The van der Waals surface area contributed by atoms with Crippen molar-refractivity contribution in [2.24, 2.45) is 0 Å². The van der Waals surface area contributed by atoms with Crippen molar-refractivity contribution in [2.75, 3.05) is 12.9 Å². The van der Waals surface area contributed by atoms with E-state index in [1.54, 1.807) is 7.11 Å². The maximum absolute atomic E-state index is 5.14. The lowest BCUT2D eigenvalue weighted by molar-refractivity contribution is 0.338. The van der Waals surface area contributed by atoms with Gasteiger partial charge in [0, 0.05) is 9.37 Å². The Morgan fingerprint density at radius 2 is 2.33 bits per heavy atom. The zero-order valence-corrected chi connectivity index (χ0v) is 11.0. The molecule has 3 heteroatoms. The minimum Gasteiger partial charge on any atom is -0.504 e. The van der Waals surface area contributed by atoms with Gasteiger partial charge in [-0.1, -0.05) is 22.0 Å². The largest absolute Gasteiger partial charge is 0.504 e. The van der Waals surface area contributed by atoms with Gasteiger partial charge >= 0.3 is 0 Å². The van der Waals surface area contributed by atoms with Gasteiger partial charge in [-0.15, -0.1) is 11.8 Å². The van der Waals surface area contributed by atoms with E-state index in [1.165, 1.54) is 28.2 Å². The second kappa shape index (κ2) is 5.08. The molecule has 0 amide bonds. The SMILES string of the molecule is CO/C=C1/CCCSc2cc(Br)ccc21. The fourth-order valence-corrected chi connectivity index (χ4v) is 3.31. The van der Waals surface area contributed by atoms with E-state index in [0.717, 1.165) is 10.9 Å². The van der Waals surface area contributed by atoms with Gasteiger partial charge in [-0.3, -0.25) is 0 Å². The van der Waals surface area contributed by atoms with Gasteiger partial charge < -0.3 is 4.74 Å². The van der Waals surface area contributed by atoms with E-state index in [2.05, 4.69) is 34.1 Å². The number of allylic oxidation sites excluding steroid dienone is 1. The van der Waals surface area contributed by atoms with Crippen LogP contribution in [-0.2, 0) is 4.74 Å². The summed E-state index contributed by atoms with van der Waals surface area (Å²) >= 11 is 5.44. The van der Waals surface area contributed by atoms with Gasteiger partial charge in [0.15, 0.2) is 0 Å². The summed E-state index contributed by atoms with van der Waals surface area (Å²) in [4.78, 5) is 1.35. The van der Waals surface area contributed by atoms with E-state index in [4.69, 9.17) is 4.74 Å². The van der Waals surface area contributed by atoms with Crippen molar-refractivity contribution in [1.82, 2.24) is 0 Å². The second-order valence-electron chi connectivity index (χ2n) is 3.47. The van der Waals surface area contributed by atoms with Crippen LogP contribution in [0.4, 0.5) is 0 Å². The van der Waals surface area contributed by atoms with Crippen LogP contribution in [0.1, 0.15) is 18.4 Å². The topological polar surface area (TPSA) is 9.23 Å². The van der Waals surface area contributed by atoms with E-state index in [-0.39, 0.29) is 0 Å². The zero-order valence-electron chi connectivity index (χ0n) is 8.63. The third-order valence-corrected chi connectivity index (χ3v) is 4.03. The second-order valence-corrected chi connectivity index (χ2v) is 5.52. The molecule has 0 saturated carbocycles. The summed E-state index contributed by atoms with van der Waals surface area (Å²) in [5, 5.41) is 0. The molecule has 80 valence electrons. The molecule has 1 aromatic carbocycles. The smallest absolute Gasteiger partial charge is 0.0862 e. The Balaban J connectivity index is 2.45. The van der Waals surface area contributed by atoms with Crippen molar-refractivity contribution in [3.63, 3.8) is 0 Å². The zero-order chi connectivity index (χ0) is 10.7. The molecule has 2 rings (SSSR count). The summed E-state index contributed by atoms with van der Waals surface area (Å²) in [7, 11) is 1.71. The summed E-state index contributed by atoms with van der Waals surface area (Å²) in [6.45, 7) is 0. The molecule has 1 aliphatic heterocycles. The summed E-state index contributed by atoms with van der Waals surface area (Å²) in [5.41, 5.74) is 2.63. The Labute approximate surface area is 103 Å². The number of methoxy groups -OCH3 is 1. The molecule has 1 aliphatic rings. The molecule has 0 radical (unpaired) electrons. The van der Waals surface area contributed by atoms with Crippen LogP contribution in [0.25, 0.3) is 5.57 Å². The highest BCUT2D eigenvalue weighted by atomic mass is 79.9. The minimum absolute atomic E-state index is 1.11. The molecule has 0 bridgehead atoms. The van der Waals surface area contributed by atoms with Gasteiger partial charge in [0.25, 0.3) is 0 Å². The van der Waals surface area contributed by atoms with Crippen molar-refractivity contribution in [1.29, 1.82) is 0 Å². The van der Waals surface area contributed by atoms with E-state index in [0.29, 0.717) is 0 Å². The van der Waals surface area contributed by atoms with Crippen LogP contribution in [0.3, 0.4) is 0 Å². The average molecular weight is 285 g/mol. The Hall–Kier alpha value is -0.410. The Morgan fingerprint density at radius 3 is 3.13 bits per heavy atom. The fourth-order valence-electron chi connectivity index (χ4n) is 1.72. The van der Waals surface area contributed by atoms with Crippen molar-refractivity contribution >= 4 is 33.3 Å². The first-order valence-electron chi connectivity index (χ1n) is 4.96. The van der Waals surface area contributed by atoms with E-state index in [9.17, 15) is 0 Å². The van der Waals surface area contributed by atoms with Gasteiger partial charge in [0.2, 0.25) is 0 Å². The molecule has 1 heterocycles. The number of halogens is 1. The first-order valence-corrected chi connectivity index (χ1v) is 6.73. The van der Waals surface area contributed by atoms with Crippen LogP contribution in [0.2, 0.25) is 0 Å². The molecular weight excluding hydrogens is 272 g/mol. The lowest BCUT2D eigenvalue weighted by Crippen LogP contribution is -1.86. The number of hydrogen-bond donors (Lipinski definition) is 0. The molecule has 0 saturated heterocycles. The molecule has 0 N–H and O–H groups in total. The number of fused-ring (bicyclic) bond motifs is 1. The van der Waals surface area contributed by atoms with Crippen LogP contribution in [0.5, 0.6) is 0 Å². The number of hydrogen-bond acceptors (Lipinski definition) is 2. The van der Waals surface area contributed by atoms with Crippen molar-refractivity contribution in [3.8, 4) is 0 Å². The third-order valence-electron chi connectivity index (χ3n) is 2.40. The third kappa shape index (κ3) is 2.58. The molecule has 0 fully saturated rings. The number of rotatable bonds is 1. The number of benzene rings is 1. The maximum Gasteiger partial charge on any atom is 0.0862 e. The van der Waals surface area contributed by atoms with Crippen molar-refractivity contribution in [3.05, 3.63) is 34.5 Å². The predicted octanol–water partition coefficient (Wildman–Crippen LogP) is 4.32. The highest BCUT2D eigenvalue weighted by Crippen LogP contribution is 2.36. The van der Waals surface area contributed by atoms with Gasteiger partial charge in [0.1, 0.15) is 0 Å². The highest BCUT2D eigenvalue weighted by molar-refractivity contribution is 9.10. The Morgan fingerprint density at radius 1 is 1.47 bits per heavy atom. The molecule has 0 atom stereocenters. The van der Waals surface area contributed by atoms with Crippen LogP contribution >= 0.6 is 27.7 Å². The number of thioether (sulfide) groups is 1. The predicted molar refractivity (Wildman–Crippen MR) is 69.1 cm³/mol. The molecular formula is C12H13BrOS. The first-order chi connectivity index (χ1) is 7.31. The summed E-state index contributed by atoms with van der Waals surface area (Å²) < 4.78 is 6.29. The highest BCUT2D eigenvalue weighted by Gasteiger charge is 2.13. The van der Waals surface area contributed by atoms with E-state index < -0.39 is 0 Å². The lowest BCUT2D eigenvalue weighted by Gasteiger charge is -2.08. The molecule has 0 spiro atoms. The number of ether oxygens (including phenoxy) is 1. The van der Waals surface area contributed by atoms with Crippen LogP contribution < -0.4 is 0 Å². The Kier molecular flexibility index (Phi) is 3.76. The van der Waals surface area contributed by atoms with Crippen molar-refractivity contribution < 1.29 is 4.74 Å². The van der Waals surface area contributed by atoms with Crippen LogP contribution in [0.15, 0.2) is 33.8 Å². The quantitative estimate of drug-likeness (QED) is 0.711. The summed E-state index contributed by atoms with van der Waals surface area (Å²) in [6, 6.07) is 6.45. The van der Waals surface area contributed by atoms with Crippen molar-refractivity contribution in [2.45, 2.75) is 17.7 Å². The normalized spacial score (nSPS) is 18.4. The lowest BCUT2D eigenvalue weighted by atomic mass is 10.0. The van der Waals surface area contributed by atoms with Gasteiger partial charge in [-0.25, -0.2) is 0 Å². The monoisotopic (exact) mass is 284 g/mol. The minimum atomic E-state index is 1.11. The molecule has 1 aromatic rings. The average Bonchev–Trinajstić information content (AvgIpc) is 2.41. The van der Waals surface area contributed by atoms with Gasteiger partial charge in [-0.2, -0.15) is 0 Å². The molecule has 0 aliphatic carbocycles.